The Morgan fingerprint density at radius 2 is 1.71 bits per heavy atom. The predicted octanol–water partition coefficient (Wildman–Crippen LogP) is 5.90. The van der Waals surface area contributed by atoms with Crippen molar-refractivity contribution >= 4 is 35.8 Å². The highest BCUT2D eigenvalue weighted by Crippen LogP contribution is 2.46. The summed E-state index contributed by atoms with van der Waals surface area (Å²) < 4.78 is 5.79. The third-order valence-corrected chi connectivity index (χ3v) is 7.40. The molecule has 0 bridgehead atoms. The summed E-state index contributed by atoms with van der Waals surface area (Å²) in [5, 5.41) is 17.9. The molecule has 0 atom stereocenters. The fraction of sp³-hybridized carbons (Fsp3) is 0.536. The lowest BCUT2D eigenvalue weighted by atomic mass is 9.90. The van der Waals surface area contributed by atoms with Crippen LogP contribution in [0.1, 0.15) is 43.4 Å². The molecule has 7 heteroatoms. The van der Waals surface area contributed by atoms with Crippen LogP contribution in [0, 0.1) is 18.3 Å². The van der Waals surface area contributed by atoms with Gasteiger partial charge in [-0.3, -0.25) is 0 Å². The average molecular weight is 523 g/mol. The molecule has 0 radical (unpaired) electrons. The Labute approximate surface area is 222 Å². The molecule has 1 saturated heterocycles. The van der Waals surface area contributed by atoms with E-state index in [9.17, 15) is 5.11 Å². The molecule has 5 nitrogen and oxygen atoms in total. The number of nitrogens with one attached hydrogen (secondary N) is 1. The van der Waals surface area contributed by atoms with E-state index < -0.39 is 0 Å². The first-order chi connectivity index (χ1) is 16.1. The summed E-state index contributed by atoms with van der Waals surface area (Å²) in [4.78, 5) is 2.57. The van der Waals surface area contributed by atoms with E-state index in [2.05, 4.69) is 58.7 Å². The quantitative estimate of drug-likeness (QED) is 0.405. The number of halogens is 2. The second-order valence-corrected chi connectivity index (χ2v) is 10.0. The van der Waals surface area contributed by atoms with E-state index in [-0.39, 0.29) is 30.2 Å². The third kappa shape index (κ3) is 7.21. The zero-order valence-electron chi connectivity index (χ0n) is 21.3. The molecule has 0 amide bonds. The summed E-state index contributed by atoms with van der Waals surface area (Å²) in [6.07, 6.45) is 7.09. The number of fused-ring (bicyclic) bond motifs is 1. The standard InChI is InChI=1S/C26H32N2O2.C2H7N.2ClH/c1-19-22(21-5-3-2-4-6-21)8-9-23-24(27-30-25(19)23)10-7-20-11-15-28(16-12-20)17-26(18-29)13-14-26;1-3-2;;/h2-6,8-9,20,29H,7,10-18H2,1H3;3H,1-2H3;2*1H. The van der Waals surface area contributed by atoms with Gasteiger partial charge in [-0.05, 0) is 95.7 Å². The highest BCUT2D eigenvalue weighted by molar-refractivity contribution is 5.88. The van der Waals surface area contributed by atoms with Gasteiger partial charge in [0.1, 0.15) is 0 Å². The van der Waals surface area contributed by atoms with Gasteiger partial charge in [-0.15, -0.1) is 24.8 Å². The first kappa shape index (κ1) is 29.6. The Hall–Kier alpha value is -1.63. The molecule has 0 spiro atoms. The summed E-state index contributed by atoms with van der Waals surface area (Å²) in [5.74, 6) is 0.766. The maximum atomic E-state index is 9.57. The lowest BCUT2D eigenvalue weighted by Gasteiger charge is -2.34. The molecule has 2 fully saturated rings. The van der Waals surface area contributed by atoms with E-state index in [1.807, 2.05) is 20.2 Å². The highest BCUT2D eigenvalue weighted by Gasteiger charge is 2.43. The number of benzene rings is 2. The molecule has 1 aliphatic heterocycles. The molecule has 2 aliphatic rings. The van der Waals surface area contributed by atoms with Crippen LogP contribution in [-0.4, -0.2) is 55.5 Å². The van der Waals surface area contributed by atoms with Crippen LogP contribution < -0.4 is 5.32 Å². The smallest absolute Gasteiger partial charge is 0.170 e. The van der Waals surface area contributed by atoms with Gasteiger partial charge in [0.2, 0.25) is 0 Å². The second-order valence-electron chi connectivity index (χ2n) is 10.0. The third-order valence-electron chi connectivity index (χ3n) is 7.40. The van der Waals surface area contributed by atoms with Crippen LogP contribution in [0.15, 0.2) is 47.0 Å². The van der Waals surface area contributed by atoms with Gasteiger partial charge in [0, 0.05) is 29.5 Å². The zero-order chi connectivity index (χ0) is 23.3. The number of rotatable bonds is 7. The molecule has 194 valence electrons. The van der Waals surface area contributed by atoms with Crippen molar-refractivity contribution in [2.24, 2.45) is 11.3 Å². The number of aryl methyl sites for hydroxylation is 2. The first-order valence-corrected chi connectivity index (χ1v) is 12.4. The number of aromatic nitrogens is 1. The van der Waals surface area contributed by atoms with Crippen molar-refractivity contribution in [2.45, 2.75) is 45.4 Å². The van der Waals surface area contributed by atoms with Crippen molar-refractivity contribution in [2.75, 3.05) is 40.3 Å². The van der Waals surface area contributed by atoms with Crippen molar-refractivity contribution in [1.82, 2.24) is 15.4 Å². The summed E-state index contributed by atoms with van der Waals surface area (Å²) in [5.41, 5.74) is 5.88. The molecule has 5 rings (SSSR count). The SMILES string of the molecule is CNC.Cc1c(-c2ccccc2)ccc2c(CCC3CCN(CC4(CO)CC4)CC3)noc12.Cl.Cl. The van der Waals surface area contributed by atoms with Gasteiger partial charge in [0.25, 0.3) is 0 Å². The van der Waals surface area contributed by atoms with Gasteiger partial charge >= 0.3 is 0 Å². The Morgan fingerprint density at radius 3 is 2.31 bits per heavy atom. The van der Waals surface area contributed by atoms with Crippen molar-refractivity contribution in [3.63, 3.8) is 0 Å². The average Bonchev–Trinajstić information content (AvgIpc) is 3.49. The van der Waals surface area contributed by atoms with Gasteiger partial charge in [0.05, 0.1) is 5.69 Å². The van der Waals surface area contributed by atoms with Crippen LogP contribution in [0.4, 0.5) is 0 Å². The van der Waals surface area contributed by atoms with Crippen LogP contribution in [0.2, 0.25) is 0 Å². The maximum absolute atomic E-state index is 9.57. The van der Waals surface area contributed by atoms with E-state index >= 15 is 0 Å². The molecule has 1 aliphatic carbocycles. The zero-order valence-corrected chi connectivity index (χ0v) is 22.9. The molecule has 3 aromatic rings. The Morgan fingerprint density at radius 1 is 1.06 bits per heavy atom. The van der Waals surface area contributed by atoms with Gasteiger partial charge in [0.15, 0.2) is 5.58 Å². The fourth-order valence-corrected chi connectivity index (χ4v) is 5.09. The topological polar surface area (TPSA) is 61.5 Å². The first-order valence-electron chi connectivity index (χ1n) is 12.4. The molecule has 1 aromatic heterocycles. The summed E-state index contributed by atoms with van der Waals surface area (Å²) in [7, 11) is 3.75. The number of piperidine rings is 1. The van der Waals surface area contributed by atoms with Gasteiger partial charge in [-0.2, -0.15) is 0 Å². The van der Waals surface area contributed by atoms with Gasteiger partial charge in [-0.25, -0.2) is 0 Å². The number of likely N-dealkylation sites (tertiary alicyclic amines) is 1. The fourth-order valence-electron chi connectivity index (χ4n) is 5.09. The number of hydrogen-bond donors (Lipinski definition) is 2. The second kappa shape index (κ2) is 13.6. The molecule has 1 saturated carbocycles. The van der Waals surface area contributed by atoms with E-state index in [1.54, 1.807) is 0 Å². The van der Waals surface area contributed by atoms with Crippen LogP contribution in [0.5, 0.6) is 0 Å². The molecule has 2 aromatic carbocycles. The van der Waals surface area contributed by atoms with E-state index in [1.165, 1.54) is 67.3 Å². The van der Waals surface area contributed by atoms with Gasteiger partial charge in [-0.1, -0.05) is 41.6 Å². The highest BCUT2D eigenvalue weighted by atomic mass is 35.5. The van der Waals surface area contributed by atoms with Crippen molar-refractivity contribution in [3.05, 3.63) is 53.7 Å². The van der Waals surface area contributed by atoms with Crippen molar-refractivity contribution < 1.29 is 9.63 Å². The summed E-state index contributed by atoms with van der Waals surface area (Å²) in [6, 6.07) is 14.9. The van der Waals surface area contributed by atoms with Crippen LogP contribution in [0.3, 0.4) is 0 Å². The molecular weight excluding hydrogens is 481 g/mol. The number of aliphatic hydroxyl groups excluding tert-OH is 1. The Bertz CT molecular complexity index is 1030. The van der Waals surface area contributed by atoms with Crippen LogP contribution in [-0.2, 0) is 6.42 Å². The monoisotopic (exact) mass is 521 g/mol. The summed E-state index contributed by atoms with van der Waals surface area (Å²) in [6.45, 7) is 5.93. The lowest BCUT2D eigenvalue weighted by Crippen LogP contribution is -2.38. The van der Waals surface area contributed by atoms with Crippen LogP contribution in [0.25, 0.3) is 22.1 Å². The van der Waals surface area contributed by atoms with E-state index in [0.29, 0.717) is 6.61 Å². The minimum atomic E-state index is 0. The van der Waals surface area contributed by atoms with Crippen molar-refractivity contribution in [3.8, 4) is 11.1 Å². The van der Waals surface area contributed by atoms with E-state index in [0.717, 1.165) is 30.2 Å². The molecule has 2 heterocycles. The minimum absolute atomic E-state index is 0. The predicted molar refractivity (Wildman–Crippen MR) is 150 cm³/mol. The molecular formula is C28H41Cl2N3O2. The van der Waals surface area contributed by atoms with Crippen LogP contribution >= 0.6 is 24.8 Å². The molecule has 0 unspecified atom stereocenters. The summed E-state index contributed by atoms with van der Waals surface area (Å²) >= 11 is 0. The number of aliphatic hydroxyl groups is 1. The largest absolute Gasteiger partial charge is 0.396 e. The Balaban J connectivity index is 0.000000823. The molecule has 2 N–H and O–H groups in total. The van der Waals surface area contributed by atoms with Crippen molar-refractivity contribution in [1.29, 1.82) is 0 Å². The Kier molecular flexibility index (Phi) is 11.5. The normalized spacial score (nSPS) is 17.1. The number of hydrogen-bond acceptors (Lipinski definition) is 5. The number of nitrogens with zero attached hydrogens (tertiary/aromatic N) is 2. The van der Waals surface area contributed by atoms with Gasteiger partial charge < -0.3 is 19.8 Å². The lowest BCUT2D eigenvalue weighted by molar-refractivity contribution is 0.115. The van der Waals surface area contributed by atoms with E-state index in [4.69, 9.17) is 4.52 Å². The minimum Gasteiger partial charge on any atom is -0.396 e. The molecule has 35 heavy (non-hydrogen) atoms. The maximum Gasteiger partial charge on any atom is 0.170 e.